The lowest BCUT2D eigenvalue weighted by Gasteiger charge is -2.31. The van der Waals surface area contributed by atoms with Crippen molar-refractivity contribution in [3.8, 4) is 5.75 Å². The van der Waals surface area contributed by atoms with Crippen LogP contribution >= 0.6 is 15.9 Å². The van der Waals surface area contributed by atoms with E-state index < -0.39 is 0 Å². The molecular weight excluding hydrogens is 326 g/mol. The Bertz CT molecular complexity index is 641. The van der Waals surface area contributed by atoms with Crippen LogP contribution < -0.4 is 10.1 Å². The van der Waals surface area contributed by atoms with Crippen molar-refractivity contribution in [3.63, 3.8) is 0 Å². The molecule has 3 rings (SSSR count). The monoisotopic (exact) mass is 345 g/mol. The molecule has 0 fully saturated rings. The van der Waals surface area contributed by atoms with Gasteiger partial charge in [-0.25, -0.2) is 0 Å². The maximum absolute atomic E-state index is 5.28. The minimum Gasteiger partial charge on any atom is -0.496 e. The highest BCUT2D eigenvalue weighted by Gasteiger charge is 2.25. The Morgan fingerprint density at radius 1 is 1.29 bits per heavy atom. The molecule has 21 heavy (non-hydrogen) atoms. The van der Waals surface area contributed by atoms with Crippen LogP contribution in [0.3, 0.4) is 0 Å². The Morgan fingerprint density at radius 3 is 2.81 bits per heavy atom. The van der Waals surface area contributed by atoms with E-state index in [9.17, 15) is 0 Å². The van der Waals surface area contributed by atoms with Gasteiger partial charge in [0.15, 0.2) is 0 Å². The summed E-state index contributed by atoms with van der Waals surface area (Å²) in [5.74, 6) is 1.53. The van der Waals surface area contributed by atoms with Crippen LogP contribution in [0.2, 0.25) is 0 Å². The summed E-state index contributed by atoms with van der Waals surface area (Å²) in [5.41, 5.74) is 4.28. The lowest BCUT2D eigenvalue weighted by molar-refractivity contribution is 0.411. The first-order chi connectivity index (χ1) is 10.2. The number of hydrogen-bond donors (Lipinski definition) is 1. The van der Waals surface area contributed by atoms with E-state index in [0.29, 0.717) is 12.0 Å². The van der Waals surface area contributed by atoms with E-state index in [2.05, 4.69) is 64.6 Å². The molecule has 0 bridgehead atoms. The first-order valence-electron chi connectivity index (χ1n) is 7.33. The molecule has 0 amide bonds. The third-order valence-electron chi connectivity index (χ3n) is 4.31. The molecule has 0 saturated carbocycles. The summed E-state index contributed by atoms with van der Waals surface area (Å²) in [4.78, 5) is 0. The zero-order valence-corrected chi connectivity index (χ0v) is 14.0. The van der Waals surface area contributed by atoms with Crippen molar-refractivity contribution in [2.45, 2.75) is 25.3 Å². The van der Waals surface area contributed by atoms with Crippen molar-refractivity contribution >= 4 is 15.9 Å². The van der Waals surface area contributed by atoms with Gasteiger partial charge in [-0.05, 0) is 58.1 Å². The lowest BCUT2D eigenvalue weighted by Crippen LogP contribution is -2.30. The van der Waals surface area contributed by atoms with Crippen LogP contribution in [0.1, 0.15) is 35.6 Å². The molecular formula is C18H20BrNO. The Kier molecular flexibility index (Phi) is 4.32. The summed E-state index contributed by atoms with van der Waals surface area (Å²) in [6.07, 6.45) is 1.20. The van der Waals surface area contributed by atoms with Crippen LogP contribution in [0.5, 0.6) is 5.75 Å². The fourth-order valence-electron chi connectivity index (χ4n) is 2.93. The van der Waals surface area contributed by atoms with Crippen molar-refractivity contribution in [1.29, 1.82) is 0 Å². The molecule has 1 aliphatic rings. The molecule has 110 valence electrons. The van der Waals surface area contributed by atoms with Gasteiger partial charge in [0.25, 0.3) is 0 Å². The summed E-state index contributed by atoms with van der Waals surface area (Å²) in [6, 6.07) is 15.3. The first-order valence-corrected chi connectivity index (χ1v) is 8.13. The van der Waals surface area contributed by atoms with Crippen molar-refractivity contribution in [2.75, 3.05) is 13.7 Å². The molecule has 1 aliphatic carbocycles. The van der Waals surface area contributed by atoms with E-state index in [1.165, 1.54) is 23.1 Å². The van der Waals surface area contributed by atoms with Gasteiger partial charge in [0.2, 0.25) is 0 Å². The molecule has 1 N–H and O–H groups in total. The Hall–Kier alpha value is -1.32. The van der Waals surface area contributed by atoms with Crippen molar-refractivity contribution in [3.05, 3.63) is 63.6 Å². The maximum atomic E-state index is 5.28. The molecule has 0 saturated heterocycles. The predicted molar refractivity (Wildman–Crippen MR) is 90.0 cm³/mol. The molecule has 2 aromatic rings. The largest absolute Gasteiger partial charge is 0.496 e. The number of methoxy groups -OCH3 is 1. The molecule has 2 unspecified atom stereocenters. The zero-order chi connectivity index (χ0) is 14.8. The summed E-state index contributed by atoms with van der Waals surface area (Å²) >= 11 is 3.55. The van der Waals surface area contributed by atoms with Gasteiger partial charge in [-0.1, -0.05) is 30.3 Å². The highest BCUT2D eigenvalue weighted by atomic mass is 79.9. The standard InChI is InChI=1S/C18H20BrNO/c1-12(13-7-8-18(21-2)17(19)10-13)20-11-15-9-14-5-3-4-6-16(14)15/h3-8,10,12,15,20H,9,11H2,1-2H3. The quantitative estimate of drug-likeness (QED) is 0.864. The molecule has 0 heterocycles. The van der Waals surface area contributed by atoms with Gasteiger partial charge in [-0.15, -0.1) is 0 Å². The number of rotatable bonds is 5. The second kappa shape index (κ2) is 6.20. The number of fused-ring (bicyclic) bond motifs is 1. The lowest BCUT2D eigenvalue weighted by atomic mass is 9.77. The highest BCUT2D eigenvalue weighted by molar-refractivity contribution is 9.10. The molecule has 2 atom stereocenters. The van der Waals surface area contributed by atoms with E-state index in [4.69, 9.17) is 4.74 Å². The fraction of sp³-hybridized carbons (Fsp3) is 0.333. The SMILES string of the molecule is COc1ccc(C(C)NCC2Cc3ccccc32)cc1Br. The van der Waals surface area contributed by atoms with Gasteiger partial charge in [-0.3, -0.25) is 0 Å². The Morgan fingerprint density at radius 2 is 2.10 bits per heavy atom. The minimum absolute atomic E-state index is 0.333. The third kappa shape index (κ3) is 2.99. The molecule has 2 nitrogen and oxygen atoms in total. The van der Waals surface area contributed by atoms with Crippen LogP contribution in [-0.4, -0.2) is 13.7 Å². The Labute approximate surface area is 134 Å². The predicted octanol–water partition coefficient (Wildman–Crippen LogP) is 4.45. The van der Waals surface area contributed by atoms with Crippen molar-refractivity contribution in [1.82, 2.24) is 5.32 Å². The van der Waals surface area contributed by atoms with E-state index in [1.54, 1.807) is 7.11 Å². The third-order valence-corrected chi connectivity index (χ3v) is 4.93. The topological polar surface area (TPSA) is 21.3 Å². The van der Waals surface area contributed by atoms with Crippen molar-refractivity contribution in [2.24, 2.45) is 0 Å². The molecule has 3 heteroatoms. The van der Waals surface area contributed by atoms with Crippen LogP contribution in [0.15, 0.2) is 46.9 Å². The van der Waals surface area contributed by atoms with Gasteiger partial charge < -0.3 is 10.1 Å². The van der Waals surface area contributed by atoms with Crippen LogP contribution in [0.25, 0.3) is 0 Å². The summed E-state index contributed by atoms with van der Waals surface area (Å²) in [7, 11) is 1.69. The normalized spacial score (nSPS) is 17.8. The summed E-state index contributed by atoms with van der Waals surface area (Å²) in [6.45, 7) is 3.24. The average Bonchev–Trinajstić information content (AvgIpc) is 2.48. The summed E-state index contributed by atoms with van der Waals surface area (Å²) < 4.78 is 6.28. The molecule has 0 aliphatic heterocycles. The van der Waals surface area contributed by atoms with Crippen LogP contribution in [0.4, 0.5) is 0 Å². The van der Waals surface area contributed by atoms with Gasteiger partial charge in [0.1, 0.15) is 5.75 Å². The second-order valence-corrected chi connectivity index (χ2v) is 6.48. The number of ether oxygens (including phenoxy) is 1. The first kappa shape index (κ1) is 14.6. The van der Waals surface area contributed by atoms with Crippen LogP contribution in [0, 0.1) is 0 Å². The molecule has 0 radical (unpaired) electrons. The van der Waals surface area contributed by atoms with Crippen molar-refractivity contribution < 1.29 is 4.74 Å². The molecule has 0 aromatic heterocycles. The average molecular weight is 346 g/mol. The van der Waals surface area contributed by atoms with E-state index >= 15 is 0 Å². The highest BCUT2D eigenvalue weighted by Crippen LogP contribution is 2.35. The smallest absolute Gasteiger partial charge is 0.133 e. The maximum Gasteiger partial charge on any atom is 0.133 e. The zero-order valence-electron chi connectivity index (χ0n) is 12.4. The molecule has 0 spiro atoms. The summed E-state index contributed by atoms with van der Waals surface area (Å²) in [5, 5.41) is 3.64. The number of benzene rings is 2. The van der Waals surface area contributed by atoms with E-state index in [0.717, 1.165) is 16.8 Å². The Balaban J connectivity index is 1.60. The van der Waals surface area contributed by atoms with E-state index in [-0.39, 0.29) is 0 Å². The van der Waals surface area contributed by atoms with Gasteiger partial charge in [0, 0.05) is 18.5 Å². The van der Waals surface area contributed by atoms with Crippen LogP contribution in [-0.2, 0) is 6.42 Å². The minimum atomic E-state index is 0.333. The molecule has 2 aromatic carbocycles. The second-order valence-electron chi connectivity index (χ2n) is 5.62. The van der Waals surface area contributed by atoms with Gasteiger partial charge in [-0.2, -0.15) is 0 Å². The number of halogens is 1. The fourth-order valence-corrected chi connectivity index (χ4v) is 3.49. The number of nitrogens with one attached hydrogen (secondary N) is 1. The van der Waals surface area contributed by atoms with E-state index in [1.807, 2.05) is 6.07 Å². The van der Waals surface area contributed by atoms with Gasteiger partial charge in [0.05, 0.1) is 11.6 Å². The number of hydrogen-bond acceptors (Lipinski definition) is 2. The van der Waals surface area contributed by atoms with Gasteiger partial charge >= 0.3 is 0 Å².